The number of halogens is 4. The summed E-state index contributed by atoms with van der Waals surface area (Å²) in [6.45, 7) is 0. The molecule has 0 saturated carbocycles. The molecule has 0 atom stereocenters. The van der Waals surface area contributed by atoms with Gasteiger partial charge in [0.15, 0.2) is 0 Å². The minimum Gasteiger partial charge on any atom is -0.389 e. The number of benzene rings is 2. The molecule has 20 heavy (non-hydrogen) atoms. The Hall–Kier alpha value is -1.05. The zero-order valence-corrected chi connectivity index (χ0v) is 13.9. The fourth-order valence-corrected chi connectivity index (χ4v) is 2.48. The Bertz CT molecular complexity index is 692. The molecule has 2 nitrogen and oxygen atoms in total. The van der Waals surface area contributed by atoms with Gasteiger partial charge in [-0.15, -0.1) is 0 Å². The molecule has 0 amide bonds. The van der Waals surface area contributed by atoms with E-state index in [0.29, 0.717) is 11.3 Å². The van der Waals surface area contributed by atoms with Crippen molar-refractivity contribution in [3.8, 4) is 0 Å². The van der Waals surface area contributed by atoms with Crippen LogP contribution in [0.3, 0.4) is 0 Å². The van der Waals surface area contributed by atoms with Crippen LogP contribution in [0.1, 0.15) is 5.56 Å². The molecule has 0 bridgehead atoms. The van der Waals surface area contributed by atoms with Crippen LogP contribution in [-0.2, 0) is 0 Å². The Balaban J connectivity index is 2.47. The first-order chi connectivity index (χ1) is 9.38. The van der Waals surface area contributed by atoms with E-state index in [2.05, 4.69) is 37.2 Å². The maximum absolute atomic E-state index is 13.8. The summed E-state index contributed by atoms with van der Waals surface area (Å²) in [7, 11) is 0. The highest BCUT2D eigenvalue weighted by molar-refractivity contribution is 9.10. The summed E-state index contributed by atoms with van der Waals surface area (Å²) in [6.07, 6.45) is 0. The number of anilines is 2. The van der Waals surface area contributed by atoms with Crippen LogP contribution >= 0.6 is 44.1 Å². The molecule has 0 unspecified atom stereocenters. The molecule has 0 aliphatic heterocycles. The molecule has 0 heterocycles. The van der Waals surface area contributed by atoms with E-state index in [-0.39, 0.29) is 15.1 Å². The van der Waals surface area contributed by atoms with Crippen molar-refractivity contribution in [1.82, 2.24) is 0 Å². The second kappa shape index (κ2) is 6.15. The number of hydrogen-bond acceptors (Lipinski definition) is 2. The van der Waals surface area contributed by atoms with Crippen molar-refractivity contribution in [3.63, 3.8) is 0 Å². The van der Waals surface area contributed by atoms with E-state index in [9.17, 15) is 8.78 Å². The lowest BCUT2D eigenvalue weighted by Gasteiger charge is -2.13. The molecule has 0 radical (unpaired) electrons. The molecule has 2 aromatic carbocycles. The van der Waals surface area contributed by atoms with Crippen molar-refractivity contribution in [1.29, 1.82) is 0 Å². The Morgan fingerprint density at radius 2 is 1.75 bits per heavy atom. The lowest BCUT2D eigenvalue weighted by atomic mass is 10.1. The van der Waals surface area contributed by atoms with Crippen molar-refractivity contribution < 1.29 is 8.78 Å². The van der Waals surface area contributed by atoms with Crippen molar-refractivity contribution in [3.05, 3.63) is 56.5 Å². The lowest BCUT2D eigenvalue weighted by molar-refractivity contribution is 0.581. The molecule has 0 spiro atoms. The van der Waals surface area contributed by atoms with Gasteiger partial charge in [0.1, 0.15) is 16.6 Å². The fourth-order valence-electron chi connectivity index (χ4n) is 1.60. The largest absolute Gasteiger partial charge is 0.389 e. The fraction of sp³-hybridized carbons (Fsp3) is 0. The van der Waals surface area contributed by atoms with Gasteiger partial charge in [-0.25, -0.2) is 8.78 Å². The standard InChI is InChI=1S/C13H8Br2F2N2S/c14-6-1-2-7(13(18)20)11(3-6)19-12-4-8(15)9(16)5-10(12)17/h1-5,19H,(H2,18,20). The monoisotopic (exact) mass is 420 g/mol. The van der Waals surface area contributed by atoms with Crippen LogP contribution in [0.4, 0.5) is 20.2 Å². The summed E-state index contributed by atoms with van der Waals surface area (Å²) in [5.74, 6) is -1.38. The zero-order chi connectivity index (χ0) is 14.9. The average Bonchev–Trinajstić information content (AvgIpc) is 2.35. The summed E-state index contributed by atoms with van der Waals surface area (Å²) in [5, 5.41) is 2.86. The Morgan fingerprint density at radius 3 is 2.40 bits per heavy atom. The Kier molecular flexibility index (Phi) is 4.72. The number of rotatable bonds is 3. The van der Waals surface area contributed by atoms with Crippen LogP contribution in [0.5, 0.6) is 0 Å². The van der Waals surface area contributed by atoms with Crippen LogP contribution in [0.15, 0.2) is 39.3 Å². The van der Waals surface area contributed by atoms with Crippen molar-refractivity contribution in [2.45, 2.75) is 0 Å². The molecule has 104 valence electrons. The molecule has 2 aromatic rings. The smallest absolute Gasteiger partial charge is 0.149 e. The minimum atomic E-state index is -0.709. The van der Waals surface area contributed by atoms with Crippen LogP contribution in [0.25, 0.3) is 0 Å². The van der Waals surface area contributed by atoms with Crippen LogP contribution in [-0.4, -0.2) is 4.99 Å². The van der Waals surface area contributed by atoms with Gasteiger partial charge in [-0.05, 0) is 40.2 Å². The van der Waals surface area contributed by atoms with Gasteiger partial charge in [0.2, 0.25) is 0 Å². The highest BCUT2D eigenvalue weighted by atomic mass is 79.9. The van der Waals surface area contributed by atoms with Crippen LogP contribution in [0, 0.1) is 11.6 Å². The summed E-state index contributed by atoms with van der Waals surface area (Å²) in [5.41, 5.74) is 6.85. The molecule has 0 saturated heterocycles. The van der Waals surface area contributed by atoms with E-state index < -0.39 is 11.6 Å². The average molecular weight is 422 g/mol. The van der Waals surface area contributed by atoms with E-state index in [0.717, 1.165) is 10.5 Å². The molecule has 7 heteroatoms. The van der Waals surface area contributed by atoms with E-state index in [1.54, 1.807) is 18.2 Å². The third-order valence-corrected chi connectivity index (χ3v) is 3.85. The second-order valence-corrected chi connectivity index (χ2v) is 6.14. The van der Waals surface area contributed by atoms with Gasteiger partial charge in [0, 0.05) is 21.8 Å². The number of hydrogen-bond donors (Lipinski definition) is 2. The summed E-state index contributed by atoms with van der Waals surface area (Å²) >= 11 is 11.3. The molecule has 0 aliphatic carbocycles. The zero-order valence-electron chi connectivity index (χ0n) is 9.88. The molecule has 3 N–H and O–H groups in total. The molecule has 0 fully saturated rings. The molecule has 0 aliphatic rings. The molecule has 2 rings (SSSR count). The predicted octanol–water partition coefficient (Wildman–Crippen LogP) is 4.87. The molecular formula is C13H8Br2F2N2S. The topological polar surface area (TPSA) is 38.0 Å². The summed E-state index contributed by atoms with van der Waals surface area (Å²) in [6, 6.07) is 7.31. The molecule has 0 aromatic heterocycles. The van der Waals surface area contributed by atoms with Gasteiger partial charge in [0.05, 0.1) is 10.2 Å². The van der Waals surface area contributed by atoms with E-state index in [1.165, 1.54) is 6.07 Å². The summed E-state index contributed by atoms with van der Waals surface area (Å²) in [4.78, 5) is 0.182. The highest BCUT2D eigenvalue weighted by Gasteiger charge is 2.11. The normalized spacial score (nSPS) is 10.4. The highest BCUT2D eigenvalue weighted by Crippen LogP contribution is 2.29. The Labute approximate surface area is 136 Å². The number of nitrogens with two attached hydrogens (primary N) is 1. The second-order valence-electron chi connectivity index (χ2n) is 3.93. The van der Waals surface area contributed by atoms with E-state index >= 15 is 0 Å². The third-order valence-electron chi connectivity index (χ3n) is 2.53. The number of thiocarbonyl (C=S) groups is 1. The lowest BCUT2D eigenvalue weighted by Crippen LogP contribution is -2.12. The van der Waals surface area contributed by atoms with Gasteiger partial charge in [-0.2, -0.15) is 0 Å². The Morgan fingerprint density at radius 1 is 1.05 bits per heavy atom. The van der Waals surface area contributed by atoms with Gasteiger partial charge in [-0.3, -0.25) is 0 Å². The van der Waals surface area contributed by atoms with Crippen molar-refractivity contribution >= 4 is 60.4 Å². The van der Waals surface area contributed by atoms with Crippen molar-refractivity contribution in [2.75, 3.05) is 5.32 Å². The van der Waals surface area contributed by atoms with Gasteiger partial charge in [0.25, 0.3) is 0 Å². The van der Waals surface area contributed by atoms with E-state index in [4.69, 9.17) is 18.0 Å². The SMILES string of the molecule is NC(=S)c1ccc(Br)cc1Nc1cc(Br)c(F)cc1F. The predicted molar refractivity (Wildman–Crippen MR) is 87.4 cm³/mol. The first-order valence-electron chi connectivity index (χ1n) is 5.39. The van der Waals surface area contributed by atoms with Crippen LogP contribution < -0.4 is 11.1 Å². The summed E-state index contributed by atoms with van der Waals surface area (Å²) < 4.78 is 27.9. The van der Waals surface area contributed by atoms with Gasteiger partial charge >= 0.3 is 0 Å². The molecular weight excluding hydrogens is 414 g/mol. The van der Waals surface area contributed by atoms with Gasteiger partial charge < -0.3 is 11.1 Å². The number of nitrogens with one attached hydrogen (secondary N) is 1. The first kappa shape index (κ1) is 15.3. The van der Waals surface area contributed by atoms with Crippen LogP contribution in [0.2, 0.25) is 0 Å². The minimum absolute atomic E-state index is 0.119. The van der Waals surface area contributed by atoms with Gasteiger partial charge in [-0.1, -0.05) is 28.1 Å². The maximum atomic E-state index is 13.8. The third kappa shape index (κ3) is 3.34. The maximum Gasteiger partial charge on any atom is 0.149 e. The first-order valence-corrected chi connectivity index (χ1v) is 7.39. The van der Waals surface area contributed by atoms with E-state index in [1.807, 2.05) is 0 Å². The van der Waals surface area contributed by atoms with Crippen molar-refractivity contribution in [2.24, 2.45) is 5.73 Å². The quantitative estimate of drug-likeness (QED) is 0.548.